The number of hydrogen-bond acceptors (Lipinski definition) is 3. The van der Waals surface area contributed by atoms with Crippen LogP contribution >= 0.6 is 0 Å². The van der Waals surface area contributed by atoms with Gasteiger partial charge in [0, 0.05) is 24.2 Å². The average molecular weight is 271 g/mol. The third-order valence-corrected chi connectivity index (χ3v) is 3.31. The Balaban J connectivity index is 1.95. The Bertz CT molecular complexity index is 772. The van der Waals surface area contributed by atoms with Gasteiger partial charge in [-0.2, -0.15) is 5.26 Å². The Morgan fingerprint density at radius 3 is 2.24 bits per heavy atom. The molecule has 3 rings (SSSR count). The number of pyridine rings is 2. The Morgan fingerprint density at radius 1 is 0.810 bits per heavy atom. The fourth-order valence-corrected chi connectivity index (χ4v) is 2.20. The monoisotopic (exact) mass is 271 g/mol. The van der Waals surface area contributed by atoms with E-state index in [9.17, 15) is 0 Å². The molecule has 3 heteroatoms. The van der Waals surface area contributed by atoms with Gasteiger partial charge in [-0.25, -0.2) is 0 Å². The van der Waals surface area contributed by atoms with Crippen LogP contribution in [0.2, 0.25) is 0 Å². The summed E-state index contributed by atoms with van der Waals surface area (Å²) in [5.41, 5.74) is 5.23. The van der Waals surface area contributed by atoms with Crippen LogP contribution in [0.5, 0.6) is 0 Å². The lowest BCUT2D eigenvalue weighted by molar-refractivity contribution is 1.26. The molecule has 0 aliphatic rings. The molecule has 0 N–H and O–H groups in total. The zero-order valence-corrected chi connectivity index (χ0v) is 11.4. The van der Waals surface area contributed by atoms with Gasteiger partial charge in [-0.15, -0.1) is 0 Å². The van der Waals surface area contributed by atoms with Gasteiger partial charge in [-0.1, -0.05) is 24.3 Å². The van der Waals surface area contributed by atoms with Crippen molar-refractivity contribution in [2.75, 3.05) is 0 Å². The first kappa shape index (κ1) is 13.0. The zero-order valence-electron chi connectivity index (χ0n) is 11.4. The van der Waals surface area contributed by atoms with Crippen molar-refractivity contribution in [3.05, 3.63) is 72.7 Å². The molecule has 0 aliphatic carbocycles. The lowest BCUT2D eigenvalue weighted by Gasteiger charge is -2.05. The number of hydrogen-bond donors (Lipinski definition) is 0. The van der Waals surface area contributed by atoms with Gasteiger partial charge in [-0.05, 0) is 41.0 Å². The summed E-state index contributed by atoms with van der Waals surface area (Å²) in [7, 11) is 0. The second-order valence-electron chi connectivity index (χ2n) is 4.70. The SMILES string of the molecule is N#CCc1ccc(-c2cc(-c3ccncc3)ccn2)cc1. The summed E-state index contributed by atoms with van der Waals surface area (Å²) >= 11 is 0. The van der Waals surface area contributed by atoms with E-state index >= 15 is 0 Å². The van der Waals surface area contributed by atoms with Crippen molar-refractivity contribution < 1.29 is 0 Å². The molecule has 3 aromatic rings. The molecule has 0 radical (unpaired) electrons. The maximum absolute atomic E-state index is 8.70. The summed E-state index contributed by atoms with van der Waals surface area (Å²) < 4.78 is 0. The normalized spacial score (nSPS) is 10.0. The van der Waals surface area contributed by atoms with Gasteiger partial charge in [0.2, 0.25) is 0 Å². The molecule has 0 fully saturated rings. The molecule has 0 unspecified atom stereocenters. The number of nitrogens with zero attached hydrogens (tertiary/aromatic N) is 3. The summed E-state index contributed by atoms with van der Waals surface area (Å²) in [6.07, 6.45) is 5.82. The van der Waals surface area contributed by atoms with E-state index in [1.54, 1.807) is 12.4 Å². The molecule has 100 valence electrons. The Labute approximate surface area is 123 Å². The summed E-state index contributed by atoms with van der Waals surface area (Å²) in [5, 5.41) is 8.70. The van der Waals surface area contributed by atoms with Crippen molar-refractivity contribution in [3.8, 4) is 28.5 Å². The smallest absolute Gasteiger partial charge is 0.0708 e. The van der Waals surface area contributed by atoms with Crippen molar-refractivity contribution in [2.45, 2.75) is 6.42 Å². The van der Waals surface area contributed by atoms with Crippen LogP contribution in [0.25, 0.3) is 22.4 Å². The van der Waals surface area contributed by atoms with Crippen molar-refractivity contribution >= 4 is 0 Å². The molecule has 3 nitrogen and oxygen atoms in total. The maximum atomic E-state index is 8.70. The maximum Gasteiger partial charge on any atom is 0.0708 e. The summed E-state index contributed by atoms with van der Waals surface area (Å²) in [6, 6.07) is 18.1. The minimum atomic E-state index is 0.435. The van der Waals surface area contributed by atoms with Crippen molar-refractivity contribution in [3.63, 3.8) is 0 Å². The predicted octanol–water partition coefficient (Wildman–Crippen LogP) is 3.88. The molecule has 0 amide bonds. The first-order valence-electron chi connectivity index (χ1n) is 6.69. The number of nitriles is 1. The minimum absolute atomic E-state index is 0.435. The van der Waals surface area contributed by atoms with Crippen LogP contribution in [0, 0.1) is 11.3 Å². The van der Waals surface area contributed by atoms with E-state index < -0.39 is 0 Å². The van der Waals surface area contributed by atoms with Gasteiger partial charge >= 0.3 is 0 Å². The lowest BCUT2D eigenvalue weighted by Crippen LogP contribution is -1.87. The summed E-state index contributed by atoms with van der Waals surface area (Å²) in [6.45, 7) is 0. The zero-order chi connectivity index (χ0) is 14.5. The third-order valence-electron chi connectivity index (χ3n) is 3.31. The van der Waals surface area contributed by atoms with E-state index in [-0.39, 0.29) is 0 Å². The van der Waals surface area contributed by atoms with Crippen LogP contribution in [0.15, 0.2) is 67.1 Å². The van der Waals surface area contributed by atoms with E-state index in [0.717, 1.165) is 27.9 Å². The molecule has 21 heavy (non-hydrogen) atoms. The number of benzene rings is 1. The first-order chi connectivity index (χ1) is 10.4. The second-order valence-corrected chi connectivity index (χ2v) is 4.70. The highest BCUT2D eigenvalue weighted by atomic mass is 14.7. The van der Waals surface area contributed by atoms with Crippen LogP contribution in [-0.2, 0) is 6.42 Å². The Kier molecular flexibility index (Phi) is 3.70. The second kappa shape index (κ2) is 5.98. The standard InChI is InChI=1S/C18H13N3/c19-9-5-14-1-3-16(4-2-14)18-13-17(8-12-21-18)15-6-10-20-11-7-15/h1-4,6-8,10-13H,5H2. The first-order valence-corrected chi connectivity index (χ1v) is 6.69. The molecule has 0 bridgehead atoms. The molecule has 0 spiro atoms. The molecule has 1 aromatic carbocycles. The molecule has 0 aliphatic heterocycles. The largest absolute Gasteiger partial charge is 0.265 e. The molecule has 0 saturated heterocycles. The van der Waals surface area contributed by atoms with Crippen molar-refractivity contribution in [1.29, 1.82) is 5.26 Å². The van der Waals surface area contributed by atoms with Gasteiger partial charge in [0.1, 0.15) is 0 Å². The molecule has 0 saturated carbocycles. The minimum Gasteiger partial charge on any atom is -0.265 e. The molecule has 2 heterocycles. The van der Waals surface area contributed by atoms with Crippen LogP contribution in [0.4, 0.5) is 0 Å². The molecular weight excluding hydrogens is 258 g/mol. The van der Waals surface area contributed by atoms with Gasteiger partial charge in [0.05, 0.1) is 18.2 Å². The van der Waals surface area contributed by atoms with Gasteiger partial charge in [0.15, 0.2) is 0 Å². The van der Waals surface area contributed by atoms with Crippen LogP contribution in [-0.4, -0.2) is 9.97 Å². The highest BCUT2D eigenvalue weighted by Crippen LogP contribution is 2.24. The Hall–Kier alpha value is -2.99. The highest BCUT2D eigenvalue weighted by molar-refractivity contribution is 5.70. The van der Waals surface area contributed by atoms with Crippen LogP contribution in [0.1, 0.15) is 5.56 Å². The average Bonchev–Trinajstić information content (AvgIpc) is 2.57. The highest BCUT2D eigenvalue weighted by Gasteiger charge is 2.03. The van der Waals surface area contributed by atoms with E-state index in [2.05, 4.69) is 22.1 Å². The van der Waals surface area contributed by atoms with E-state index in [4.69, 9.17) is 5.26 Å². The fraction of sp³-hybridized carbons (Fsp3) is 0.0556. The van der Waals surface area contributed by atoms with E-state index in [0.29, 0.717) is 6.42 Å². The van der Waals surface area contributed by atoms with Gasteiger partial charge in [0.25, 0.3) is 0 Å². The Morgan fingerprint density at radius 2 is 1.52 bits per heavy atom. The number of rotatable bonds is 3. The fourth-order valence-electron chi connectivity index (χ4n) is 2.20. The molecular formula is C18H13N3. The van der Waals surface area contributed by atoms with Gasteiger partial charge in [-0.3, -0.25) is 9.97 Å². The van der Waals surface area contributed by atoms with E-state index in [1.807, 2.05) is 48.7 Å². The topological polar surface area (TPSA) is 49.6 Å². The summed E-state index contributed by atoms with van der Waals surface area (Å²) in [5.74, 6) is 0. The van der Waals surface area contributed by atoms with Crippen molar-refractivity contribution in [1.82, 2.24) is 9.97 Å². The van der Waals surface area contributed by atoms with Crippen LogP contribution in [0.3, 0.4) is 0 Å². The quantitative estimate of drug-likeness (QED) is 0.726. The van der Waals surface area contributed by atoms with Gasteiger partial charge < -0.3 is 0 Å². The van der Waals surface area contributed by atoms with E-state index in [1.165, 1.54) is 0 Å². The molecule has 2 aromatic heterocycles. The lowest BCUT2D eigenvalue weighted by atomic mass is 10.0. The molecule has 0 atom stereocenters. The predicted molar refractivity (Wildman–Crippen MR) is 82.2 cm³/mol. The van der Waals surface area contributed by atoms with Crippen LogP contribution < -0.4 is 0 Å². The summed E-state index contributed by atoms with van der Waals surface area (Å²) in [4.78, 5) is 8.47. The number of aromatic nitrogens is 2. The van der Waals surface area contributed by atoms with Crippen molar-refractivity contribution in [2.24, 2.45) is 0 Å². The third kappa shape index (κ3) is 2.96.